The van der Waals surface area contributed by atoms with Gasteiger partial charge >= 0.3 is 0 Å². The minimum absolute atomic E-state index is 0.198. The zero-order valence-electron chi connectivity index (χ0n) is 16.8. The quantitative estimate of drug-likeness (QED) is 0.491. The first-order valence-electron chi connectivity index (χ1n) is 9.60. The van der Waals surface area contributed by atoms with Crippen molar-refractivity contribution >= 4 is 39.6 Å². The lowest BCUT2D eigenvalue weighted by Crippen LogP contribution is -2.37. The molecule has 1 amide bonds. The number of amides is 1. The Balaban J connectivity index is 1.59. The molecule has 154 valence electrons. The maximum atomic E-state index is 12.8. The van der Waals surface area contributed by atoms with Gasteiger partial charge in [0.1, 0.15) is 17.9 Å². The standard InChI is InChI=1S/C21H22N6O2S/c1-26-18-10-6-5-9-16(18)23-20(26)17(11-12-30-2)22-19(28)13-27-21(29)14-7-3-4-8-15(14)24-25-27/h3-10,17H,11-13H2,1-2H3,(H,22,28)/t17-/m0/s1. The van der Waals surface area contributed by atoms with Gasteiger partial charge in [0, 0.05) is 7.05 Å². The Labute approximate surface area is 177 Å². The highest BCUT2D eigenvalue weighted by Crippen LogP contribution is 2.22. The van der Waals surface area contributed by atoms with Crippen LogP contribution in [0.1, 0.15) is 18.3 Å². The number of aromatic nitrogens is 5. The SMILES string of the molecule is CSCC[C@H](NC(=O)Cn1nnc2ccccc2c1=O)c1nc2ccccc2n1C. The molecular formula is C21H22N6O2S. The van der Waals surface area contributed by atoms with E-state index < -0.39 is 0 Å². The molecule has 0 fully saturated rings. The summed E-state index contributed by atoms with van der Waals surface area (Å²) in [7, 11) is 1.95. The lowest BCUT2D eigenvalue weighted by Gasteiger charge is -2.18. The Morgan fingerprint density at radius 2 is 1.87 bits per heavy atom. The molecule has 30 heavy (non-hydrogen) atoms. The highest BCUT2D eigenvalue weighted by Gasteiger charge is 2.21. The summed E-state index contributed by atoms with van der Waals surface area (Å²) in [6.45, 7) is -0.198. The summed E-state index contributed by atoms with van der Waals surface area (Å²) in [4.78, 5) is 30.1. The van der Waals surface area contributed by atoms with Crippen molar-refractivity contribution in [2.75, 3.05) is 12.0 Å². The van der Waals surface area contributed by atoms with Crippen molar-refractivity contribution in [3.8, 4) is 0 Å². The summed E-state index contributed by atoms with van der Waals surface area (Å²) in [6, 6.07) is 14.6. The van der Waals surface area contributed by atoms with E-state index in [1.54, 1.807) is 36.0 Å². The second kappa shape index (κ2) is 8.66. The molecule has 4 aromatic rings. The molecular weight excluding hydrogens is 400 g/mol. The molecule has 4 rings (SSSR count). The Hall–Kier alpha value is -3.20. The van der Waals surface area contributed by atoms with Crippen LogP contribution in [0.25, 0.3) is 21.9 Å². The minimum atomic E-state index is -0.334. The van der Waals surface area contributed by atoms with Crippen LogP contribution in [0.3, 0.4) is 0 Å². The highest BCUT2D eigenvalue weighted by atomic mass is 32.2. The zero-order valence-corrected chi connectivity index (χ0v) is 17.6. The van der Waals surface area contributed by atoms with E-state index in [1.807, 2.05) is 42.1 Å². The van der Waals surface area contributed by atoms with Gasteiger partial charge in [-0.15, -0.1) is 5.10 Å². The number of nitrogens with zero attached hydrogens (tertiary/aromatic N) is 5. The number of thioether (sulfide) groups is 1. The molecule has 0 spiro atoms. The Kier molecular flexibility index (Phi) is 5.80. The molecule has 0 unspecified atom stereocenters. The Morgan fingerprint density at radius 1 is 1.13 bits per heavy atom. The van der Waals surface area contributed by atoms with Crippen molar-refractivity contribution in [3.05, 3.63) is 64.7 Å². The van der Waals surface area contributed by atoms with Crippen molar-refractivity contribution < 1.29 is 4.79 Å². The fourth-order valence-electron chi connectivity index (χ4n) is 3.48. The number of aryl methyl sites for hydroxylation is 1. The van der Waals surface area contributed by atoms with Crippen molar-refractivity contribution in [1.82, 2.24) is 29.9 Å². The fourth-order valence-corrected chi connectivity index (χ4v) is 3.95. The normalized spacial score (nSPS) is 12.3. The third-order valence-corrected chi connectivity index (χ3v) is 5.65. The number of fused-ring (bicyclic) bond motifs is 2. The van der Waals surface area contributed by atoms with E-state index in [4.69, 9.17) is 4.98 Å². The molecule has 0 saturated carbocycles. The molecule has 2 aromatic carbocycles. The fraction of sp³-hybridized carbons (Fsp3) is 0.286. The molecule has 0 radical (unpaired) electrons. The average molecular weight is 423 g/mol. The Bertz CT molecular complexity index is 1270. The van der Waals surface area contributed by atoms with Crippen LogP contribution in [0.15, 0.2) is 53.3 Å². The van der Waals surface area contributed by atoms with Crippen LogP contribution in [-0.4, -0.2) is 42.5 Å². The number of hydrogen-bond donors (Lipinski definition) is 1. The summed E-state index contributed by atoms with van der Waals surface area (Å²) < 4.78 is 3.10. The molecule has 0 aliphatic heterocycles. The molecule has 1 atom stereocenters. The number of para-hydroxylation sites is 2. The molecule has 0 aliphatic rings. The maximum absolute atomic E-state index is 12.8. The second-order valence-corrected chi connectivity index (χ2v) is 7.97. The number of carbonyl (C=O) groups excluding carboxylic acids is 1. The molecule has 0 saturated heterocycles. The lowest BCUT2D eigenvalue weighted by atomic mass is 10.2. The third kappa shape index (κ3) is 3.93. The van der Waals surface area contributed by atoms with Gasteiger partial charge in [0.05, 0.1) is 22.5 Å². The summed E-state index contributed by atoms with van der Waals surface area (Å²) in [6.07, 6.45) is 2.75. The molecule has 8 nitrogen and oxygen atoms in total. The molecule has 2 aromatic heterocycles. The van der Waals surface area contributed by atoms with Gasteiger partial charge < -0.3 is 9.88 Å². The van der Waals surface area contributed by atoms with Gasteiger partial charge in [0.25, 0.3) is 5.56 Å². The molecule has 9 heteroatoms. The smallest absolute Gasteiger partial charge is 0.278 e. The van der Waals surface area contributed by atoms with Gasteiger partial charge in [-0.2, -0.15) is 11.8 Å². The summed E-state index contributed by atoms with van der Waals surface area (Å²) >= 11 is 1.71. The summed E-state index contributed by atoms with van der Waals surface area (Å²) in [5, 5.41) is 11.4. The molecule has 1 N–H and O–H groups in total. The van der Waals surface area contributed by atoms with Crippen molar-refractivity contribution in [2.45, 2.75) is 19.0 Å². The van der Waals surface area contributed by atoms with Crippen LogP contribution in [0.5, 0.6) is 0 Å². The van der Waals surface area contributed by atoms with Crippen LogP contribution in [0, 0.1) is 0 Å². The van der Waals surface area contributed by atoms with E-state index in [1.165, 1.54) is 0 Å². The van der Waals surface area contributed by atoms with Crippen LogP contribution in [0.4, 0.5) is 0 Å². The van der Waals surface area contributed by atoms with Gasteiger partial charge in [-0.3, -0.25) is 9.59 Å². The van der Waals surface area contributed by atoms with Gasteiger partial charge in [-0.1, -0.05) is 29.5 Å². The number of benzene rings is 2. The molecule has 2 heterocycles. The van der Waals surface area contributed by atoms with Crippen molar-refractivity contribution in [2.24, 2.45) is 7.05 Å². The lowest BCUT2D eigenvalue weighted by molar-refractivity contribution is -0.122. The van der Waals surface area contributed by atoms with Gasteiger partial charge in [0.2, 0.25) is 5.91 Å². The van der Waals surface area contributed by atoms with Crippen LogP contribution in [0.2, 0.25) is 0 Å². The number of nitrogens with one attached hydrogen (secondary N) is 1. The van der Waals surface area contributed by atoms with E-state index in [0.29, 0.717) is 10.9 Å². The van der Waals surface area contributed by atoms with E-state index in [9.17, 15) is 9.59 Å². The topological polar surface area (TPSA) is 94.7 Å². The first-order chi connectivity index (χ1) is 14.6. The van der Waals surface area contributed by atoms with E-state index in [-0.39, 0.29) is 24.1 Å². The first-order valence-corrected chi connectivity index (χ1v) is 11.0. The zero-order chi connectivity index (χ0) is 21.1. The van der Waals surface area contributed by atoms with E-state index in [0.717, 1.165) is 33.7 Å². The average Bonchev–Trinajstić information content (AvgIpc) is 3.10. The molecule has 0 aliphatic carbocycles. The largest absolute Gasteiger partial charge is 0.344 e. The van der Waals surface area contributed by atoms with E-state index >= 15 is 0 Å². The first kappa shape index (κ1) is 20.1. The number of carbonyl (C=O) groups is 1. The predicted molar refractivity (Wildman–Crippen MR) is 118 cm³/mol. The minimum Gasteiger partial charge on any atom is -0.344 e. The van der Waals surface area contributed by atoms with Crippen LogP contribution in [-0.2, 0) is 18.4 Å². The summed E-state index contributed by atoms with van der Waals surface area (Å²) in [5.74, 6) is 1.35. The van der Waals surface area contributed by atoms with Crippen molar-refractivity contribution in [3.63, 3.8) is 0 Å². The van der Waals surface area contributed by atoms with Crippen molar-refractivity contribution in [1.29, 1.82) is 0 Å². The number of rotatable bonds is 7. The van der Waals surface area contributed by atoms with Crippen LogP contribution >= 0.6 is 11.8 Å². The maximum Gasteiger partial charge on any atom is 0.278 e. The van der Waals surface area contributed by atoms with Gasteiger partial charge in [-0.25, -0.2) is 9.67 Å². The number of hydrogen-bond acceptors (Lipinski definition) is 6. The molecule has 0 bridgehead atoms. The Morgan fingerprint density at radius 3 is 2.63 bits per heavy atom. The predicted octanol–water partition coefficient (Wildman–Crippen LogP) is 2.29. The number of imidazole rings is 1. The van der Waals surface area contributed by atoms with Gasteiger partial charge in [-0.05, 0) is 42.7 Å². The third-order valence-electron chi connectivity index (χ3n) is 5.00. The van der Waals surface area contributed by atoms with E-state index in [2.05, 4.69) is 15.6 Å². The summed E-state index contributed by atoms with van der Waals surface area (Å²) in [5.41, 5.74) is 2.07. The highest BCUT2D eigenvalue weighted by molar-refractivity contribution is 7.98. The van der Waals surface area contributed by atoms with Crippen LogP contribution < -0.4 is 10.9 Å². The second-order valence-electron chi connectivity index (χ2n) is 6.99. The monoisotopic (exact) mass is 422 g/mol. The van der Waals surface area contributed by atoms with Gasteiger partial charge in [0.15, 0.2) is 0 Å².